The smallest absolute Gasteiger partial charge is 0.346 e. The number of carbonyl (C=O) groups is 2. The summed E-state index contributed by atoms with van der Waals surface area (Å²) in [6.07, 6.45) is 0. The molecule has 0 aliphatic carbocycles. The molecule has 2 aromatic rings. The fourth-order valence-electron chi connectivity index (χ4n) is 2.09. The fraction of sp³-hybridized carbons (Fsp3) is 0.294. The average Bonchev–Trinajstić information content (AvgIpc) is 2.50. The lowest BCUT2D eigenvalue weighted by molar-refractivity contribution is 0.0391. The second-order valence-corrected chi connectivity index (χ2v) is 3.84. The van der Waals surface area contributed by atoms with Crippen molar-refractivity contribution in [2.75, 3.05) is 0 Å². The topological polar surface area (TPSA) is 43.4 Å². The molecular weight excluding hydrogens is 252 g/mol. The third kappa shape index (κ3) is 2.57. The third-order valence-corrected chi connectivity index (χ3v) is 2.88. The van der Waals surface area contributed by atoms with Crippen LogP contribution in [0, 0.1) is 6.92 Å². The highest BCUT2D eigenvalue weighted by atomic mass is 16.6. The number of rotatable bonds is 0. The van der Waals surface area contributed by atoms with E-state index in [2.05, 4.69) is 4.74 Å². The molecule has 1 aliphatic rings. The van der Waals surface area contributed by atoms with Crippen LogP contribution in [0.3, 0.4) is 0 Å². The van der Waals surface area contributed by atoms with Gasteiger partial charge in [-0.05, 0) is 30.0 Å². The van der Waals surface area contributed by atoms with Crippen molar-refractivity contribution in [1.29, 1.82) is 0 Å². The summed E-state index contributed by atoms with van der Waals surface area (Å²) in [5, 5.41) is 1.64. The van der Waals surface area contributed by atoms with Gasteiger partial charge in [0.25, 0.3) is 0 Å². The number of hydrogen-bond acceptors (Lipinski definition) is 3. The minimum Gasteiger partial charge on any atom is -0.386 e. The molecule has 0 radical (unpaired) electrons. The SMILES string of the molecule is CC.CC.Cc1ccc2c3c(cccc13)C(=O)OC2=O. The number of hydrogen-bond donors (Lipinski definition) is 0. The van der Waals surface area contributed by atoms with E-state index in [0.717, 1.165) is 10.9 Å². The first-order chi connectivity index (χ1) is 9.68. The predicted molar refractivity (Wildman–Crippen MR) is 81.1 cm³/mol. The number of benzene rings is 2. The van der Waals surface area contributed by atoms with Crippen LogP contribution in [-0.2, 0) is 4.74 Å². The number of cyclic esters (lactones) is 2. The van der Waals surface area contributed by atoms with Crippen molar-refractivity contribution in [3.05, 3.63) is 47.0 Å². The van der Waals surface area contributed by atoms with E-state index in [1.165, 1.54) is 0 Å². The molecule has 1 heterocycles. The molecule has 0 saturated heterocycles. The zero-order valence-corrected chi connectivity index (χ0v) is 12.6. The summed E-state index contributed by atoms with van der Waals surface area (Å²) in [5.41, 5.74) is 1.98. The molecule has 0 bridgehead atoms. The molecular formula is C17H20O3. The third-order valence-electron chi connectivity index (χ3n) is 2.88. The molecule has 20 heavy (non-hydrogen) atoms. The fourth-order valence-corrected chi connectivity index (χ4v) is 2.09. The molecule has 0 aromatic heterocycles. The Balaban J connectivity index is 0.000000461. The van der Waals surface area contributed by atoms with Crippen molar-refractivity contribution in [3.63, 3.8) is 0 Å². The van der Waals surface area contributed by atoms with E-state index in [9.17, 15) is 9.59 Å². The Bertz CT molecular complexity index is 622. The highest BCUT2D eigenvalue weighted by Gasteiger charge is 2.27. The van der Waals surface area contributed by atoms with Crippen LogP contribution in [0.4, 0.5) is 0 Å². The summed E-state index contributed by atoms with van der Waals surface area (Å²) in [4.78, 5) is 23.1. The lowest BCUT2D eigenvalue weighted by Gasteiger charge is -2.16. The van der Waals surface area contributed by atoms with Gasteiger partial charge in [0.15, 0.2) is 0 Å². The average molecular weight is 272 g/mol. The normalized spacial score (nSPS) is 11.8. The van der Waals surface area contributed by atoms with E-state index in [1.807, 2.05) is 46.8 Å². The largest absolute Gasteiger partial charge is 0.386 e. The lowest BCUT2D eigenvalue weighted by atomic mass is 9.94. The Kier molecular flexibility index (Phi) is 5.44. The van der Waals surface area contributed by atoms with Gasteiger partial charge in [-0.3, -0.25) is 0 Å². The van der Waals surface area contributed by atoms with Gasteiger partial charge in [-0.25, -0.2) is 9.59 Å². The monoisotopic (exact) mass is 272 g/mol. The molecule has 0 atom stereocenters. The van der Waals surface area contributed by atoms with Crippen molar-refractivity contribution in [2.24, 2.45) is 0 Å². The van der Waals surface area contributed by atoms with Crippen LogP contribution in [0.5, 0.6) is 0 Å². The van der Waals surface area contributed by atoms with E-state index in [4.69, 9.17) is 0 Å². The molecule has 0 spiro atoms. The van der Waals surface area contributed by atoms with E-state index < -0.39 is 11.9 Å². The predicted octanol–water partition coefficient (Wildman–Crippen LogP) is 4.51. The second-order valence-electron chi connectivity index (χ2n) is 3.84. The van der Waals surface area contributed by atoms with Gasteiger partial charge >= 0.3 is 11.9 Å². The molecule has 2 aromatic carbocycles. The van der Waals surface area contributed by atoms with Crippen LogP contribution in [0.1, 0.15) is 54.0 Å². The van der Waals surface area contributed by atoms with Crippen LogP contribution in [0.2, 0.25) is 0 Å². The standard InChI is InChI=1S/C13H8O3.2C2H6/c1-7-5-6-10-11-8(7)3-2-4-9(11)12(14)16-13(10)15;2*1-2/h2-6H,1H3;2*1-2H3. The van der Waals surface area contributed by atoms with Crippen LogP contribution >= 0.6 is 0 Å². The molecule has 3 nitrogen and oxygen atoms in total. The maximum Gasteiger partial charge on any atom is 0.346 e. The number of aryl methyl sites for hydroxylation is 1. The minimum atomic E-state index is -0.561. The molecule has 1 aliphatic heterocycles. The van der Waals surface area contributed by atoms with E-state index in [-0.39, 0.29) is 0 Å². The van der Waals surface area contributed by atoms with Crippen molar-refractivity contribution < 1.29 is 14.3 Å². The van der Waals surface area contributed by atoms with Gasteiger partial charge < -0.3 is 4.74 Å². The summed E-state index contributed by atoms with van der Waals surface area (Å²) in [6.45, 7) is 9.95. The highest BCUT2D eigenvalue weighted by molar-refractivity contribution is 6.21. The van der Waals surface area contributed by atoms with Crippen LogP contribution in [0.15, 0.2) is 30.3 Å². The Morgan fingerprint density at radius 2 is 1.35 bits per heavy atom. The maximum atomic E-state index is 11.6. The number of carbonyl (C=O) groups excluding carboxylic acids is 2. The van der Waals surface area contributed by atoms with Crippen LogP contribution in [0.25, 0.3) is 10.8 Å². The second kappa shape index (κ2) is 6.85. The quantitative estimate of drug-likeness (QED) is 0.523. The van der Waals surface area contributed by atoms with Gasteiger partial charge in [0, 0.05) is 5.39 Å². The number of esters is 2. The molecule has 106 valence electrons. The molecule has 0 unspecified atom stereocenters. The number of ether oxygens (including phenoxy) is 1. The summed E-state index contributed by atoms with van der Waals surface area (Å²) in [6, 6.07) is 8.95. The summed E-state index contributed by atoms with van der Waals surface area (Å²) in [5.74, 6) is -1.12. The van der Waals surface area contributed by atoms with Crippen molar-refractivity contribution >= 4 is 22.7 Å². The van der Waals surface area contributed by atoms with Gasteiger partial charge in [-0.15, -0.1) is 0 Å². The summed E-state index contributed by atoms with van der Waals surface area (Å²) < 4.78 is 4.66. The van der Waals surface area contributed by atoms with Gasteiger partial charge in [0.05, 0.1) is 11.1 Å². The summed E-state index contributed by atoms with van der Waals surface area (Å²) in [7, 11) is 0. The van der Waals surface area contributed by atoms with Crippen molar-refractivity contribution in [2.45, 2.75) is 34.6 Å². The zero-order chi connectivity index (χ0) is 15.3. The lowest BCUT2D eigenvalue weighted by Crippen LogP contribution is -2.19. The Labute approximate surface area is 119 Å². The van der Waals surface area contributed by atoms with Crippen molar-refractivity contribution in [3.8, 4) is 0 Å². The molecule has 0 fully saturated rings. The van der Waals surface area contributed by atoms with Crippen LogP contribution < -0.4 is 0 Å². The van der Waals surface area contributed by atoms with Gasteiger partial charge in [0.1, 0.15) is 0 Å². The Hall–Kier alpha value is -2.16. The Morgan fingerprint density at radius 1 is 0.800 bits per heavy atom. The summed E-state index contributed by atoms with van der Waals surface area (Å²) >= 11 is 0. The molecule has 3 heteroatoms. The van der Waals surface area contributed by atoms with E-state index in [0.29, 0.717) is 16.5 Å². The molecule has 0 saturated carbocycles. The van der Waals surface area contributed by atoms with Crippen LogP contribution in [-0.4, -0.2) is 11.9 Å². The van der Waals surface area contributed by atoms with Gasteiger partial charge in [-0.2, -0.15) is 0 Å². The molecule has 0 amide bonds. The Morgan fingerprint density at radius 3 is 1.95 bits per heavy atom. The first-order valence-corrected chi connectivity index (χ1v) is 6.97. The van der Waals surface area contributed by atoms with Gasteiger partial charge in [-0.1, -0.05) is 45.9 Å². The molecule has 0 N–H and O–H groups in total. The highest BCUT2D eigenvalue weighted by Crippen LogP contribution is 2.30. The zero-order valence-electron chi connectivity index (χ0n) is 12.6. The van der Waals surface area contributed by atoms with Crippen molar-refractivity contribution in [1.82, 2.24) is 0 Å². The van der Waals surface area contributed by atoms with Gasteiger partial charge in [0.2, 0.25) is 0 Å². The first kappa shape index (κ1) is 15.9. The first-order valence-electron chi connectivity index (χ1n) is 6.97. The van der Waals surface area contributed by atoms with E-state index in [1.54, 1.807) is 18.2 Å². The minimum absolute atomic E-state index is 0.468. The maximum absolute atomic E-state index is 11.6. The van der Waals surface area contributed by atoms with E-state index >= 15 is 0 Å². The molecule has 3 rings (SSSR count).